The SMILES string of the molecule is CC[C@H](C)[C@H](CC(=O)[C@H]1CCCC[N+]1(C)Cc1ccc(CC(=O)[C@H](C)NC(=O)[C@@H](N)C(C)C)cc1)C(=O)N(C)[C@H](C[C@@H](OC(C)=O)c1nc(C(=O)N[C@@H](Cc2ccccc2)C[C@H](C)C(=O)O)cs1)C(C)C. The van der Waals surface area contributed by atoms with E-state index >= 15 is 0 Å². The molecule has 1 unspecified atom stereocenters. The fourth-order valence-electron chi connectivity index (χ4n) is 9.71. The van der Waals surface area contributed by atoms with Crippen LogP contribution in [0.25, 0.3) is 0 Å². The molecule has 4 rings (SSSR count). The van der Waals surface area contributed by atoms with Crippen LogP contribution in [0.4, 0.5) is 0 Å². The normalized spacial score (nSPS) is 19.3. The molecule has 2 aromatic carbocycles. The minimum atomic E-state index is -0.957. The van der Waals surface area contributed by atoms with Crippen LogP contribution in [0.2, 0.25) is 0 Å². The molecule has 0 bridgehead atoms. The fourth-order valence-corrected chi connectivity index (χ4v) is 10.6. The first-order chi connectivity index (χ1) is 33.4. The molecule has 1 aliphatic rings. The summed E-state index contributed by atoms with van der Waals surface area (Å²) in [5.74, 6) is -4.06. The summed E-state index contributed by atoms with van der Waals surface area (Å²) in [7, 11) is 3.87. The standard InChI is InChI=1S/C55H80N6O9S/c1-12-35(6)43(29-48(64)46-20-16-17-25-61(46,11)31-41-23-21-40(22-24-41)28-47(63)37(8)57-52(66)50(56)34(4)5)54(67)60(10)45(33(2)3)30-49(70-38(9)62)53-59-44(32-71-53)51(65)58-42(26-36(7)55(68)69)27-39-18-14-13-15-19-39/h13-15,18-19,21-24,32-37,42-43,45-46,49-50H,12,16-17,20,25-31,56H2,1-11H3,(H2-,57,58,65,66,68,69)/p+1/t35-,36-,37-,42+,43-,45+,46+,49+,50-,61?/m0/s1. The number of nitrogens with zero attached hydrogens (tertiary/aromatic N) is 3. The number of thiazole rings is 1. The maximum atomic E-state index is 14.8. The Balaban J connectivity index is 1.48. The van der Waals surface area contributed by atoms with Crippen LogP contribution in [0.15, 0.2) is 60.0 Å². The minimum Gasteiger partial charge on any atom is -0.481 e. The molecule has 5 N–H and O–H groups in total. The number of carbonyl (C=O) groups excluding carboxylic acids is 6. The molecule has 0 aliphatic carbocycles. The number of ketones is 2. The van der Waals surface area contributed by atoms with Crippen molar-refractivity contribution in [1.29, 1.82) is 0 Å². The molecular formula is C55H81N6O9S+. The molecule has 10 atom stereocenters. The molecule has 71 heavy (non-hydrogen) atoms. The Morgan fingerprint density at radius 1 is 0.887 bits per heavy atom. The molecule has 1 aliphatic heterocycles. The molecule has 3 aromatic rings. The van der Waals surface area contributed by atoms with Crippen molar-refractivity contribution in [3.05, 3.63) is 87.4 Å². The van der Waals surface area contributed by atoms with Gasteiger partial charge < -0.3 is 35.6 Å². The first kappa shape index (κ1) is 58.3. The smallest absolute Gasteiger partial charge is 0.306 e. The maximum Gasteiger partial charge on any atom is 0.306 e. The van der Waals surface area contributed by atoms with Gasteiger partial charge in [0, 0.05) is 68.6 Å². The summed E-state index contributed by atoms with van der Waals surface area (Å²) in [4.78, 5) is 99.3. The number of piperidine rings is 1. The first-order valence-corrected chi connectivity index (χ1v) is 26.3. The van der Waals surface area contributed by atoms with Gasteiger partial charge in [0.2, 0.25) is 11.8 Å². The molecule has 1 fully saturated rings. The van der Waals surface area contributed by atoms with Crippen LogP contribution in [0.1, 0.15) is 146 Å². The van der Waals surface area contributed by atoms with Gasteiger partial charge in [0.05, 0.1) is 31.6 Å². The maximum absolute atomic E-state index is 14.8. The van der Waals surface area contributed by atoms with E-state index in [1.54, 1.807) is 31.2 Å². The molecular weight excluding hydrogens is 921 g/mol. The molecule has 2 heterocycles. The predicted molar refractivity (Wildman–Crippen MR) is 276 cm³/mol. The van der Waals surface area contributed by atoms with Crippen molar-refractivity contribution in [1.82, 2.24) is 20.5 Å². The second-order valence-corrected chi connectivity index (χ2v) is 21.9. The van der Waals surface area contributed by atoms with E-state index in [1.807, 2.05) is 96.1 Å². The van der Waals surface area contributed by atoms with Crippen molar-refractivity contribution in [2.24, 2.45) is 35.3 Å². The summed E-state index contributed by atoms with van der Waals surface area (Å²) < 4.78 is 6.38. The lowest BCUT2D eigenvalue weighted by molar-refractivity contribution is -0.941. The second kappa shape index (κ2) is 26.9. The van der Waals surface area contributed by atoms with Crippen LogP contribution in [-0.2, 0) is 52.9 Å². The third-order valence-electron chi connectivity index (χ3n) is 14.5. The van der Waals surface area contributed by atoms with E-state index in [1.165, 1.54) is 18.3 Å². The summed E-state index contributed by atoms with van der Waals surface area (Å²) in [6, 6.07) is 14.8. The van der Waals surface area contributed by atoms with E-state index in [9.17, 15) is 38.7 Å². The lowest BCUT2D eigenvalue weighted by atomic mass is 9.82. The zero-order valence-corrected chi connectivity index (χ0v) is 44.8. The summed E-state index contributed by atoms with van der Waals surface area (Å²) in [5, 5.41) is 17.4. The average Bonchev–Trinajstić information content (AvgIpc) is 3.82. The second-order valence-electron chi connectivity index (χ2n) is 21.0. The molecule has 16 heteroatoms. The Morgan fingerprint density at radius 2 is 1.54 bits per heavy atom. The van der Waals surface area contributed by atoms with Crippen molar-refractivity contribution in [3.63, 3.8) is 0 Å². The number of likely N-dealkylation sites (tertiary alicyclic amines) is 1. The van der Waals surface area contributed by atoms with Crippen LogP contribution < -0.4 is 16.4 Å². The number of likely N-dealkylation sites (N-methyl/N-ethyl adjacent to an activating group) is 1. The summed E-state index contributed by atoms with van der Waals surface area (Å²) in [6.45, 7) is 17.7. The Labute approximate surface area is 425 Å². The highest BCUT2D eigenvalue weighted by molar-refractivity contribution is 7.09. The number of ether oxygens (including phenoxy) is 1. The minimum absolute atomic E-state index is 0.0510. The number of carbonyl (C=O) groups is 7. The van der Waals surface area contributed by atoms with E-state index in [-0.39, 0.29) is 78.6 Å². The Bertz CT molecular complexity index is 2270. The van der Waals surface area contributed by atoms with Gasteiger partial charge in [-0.25, -0.2) is 4.98 Å². The number of nitrogens with two attached hydrogens (primary N) is 1. The molecule has 15 nitrogen and oxygen atoms in total. The number of hydrogen-bond donors (Lipinski definition) is 4. The molecule has 0 saturated carbocycles. The number of hydrogen-bond acceptors (Lipinski definition) is 11. The number of benzene rings is 2. The number of carboxylic acid groups (broad SMARTS) is 1. The van der Waals surface area contributed by atoms with Crippen LogP contribution >= 0.6 is 11.3 Å². The van der Waals surface area contributed by atoms with Crippen LogP contribution in [0.3, 0.4) is 0 Å². The van der Waals surface area contributed by atoms with Crippen LogP contribution in [0, 0.1) is 29.6 Å². The van der Waals surface area contributed by atoms with Crippen LogP contribution in [-0.4, -0.2) is 112 Å². The number of amides is 3. The van der Waals surface area contributed by atoms with E-state index in [0.717, 1.165) is 36.1 Å². The molecule has 1 saturated heterocycles. The molecule has 3 amide bonds. The highest BCUT2D eigenvalue weighted by Crippen LogP contribution is 2.35. The highest BCUT2D eigenvalue weighted by Gasteiger charge is 2.43. The number of quaternary nitrogens is 1. The summed E-state index contributed by atoms with van der Waals surface area (Å²) >= 11 is 1.17. The Hall–Kier alpha value is -5.32. The lowest BCUT2D eigenvalue weighted by Gasteiger charge is -2.44. The van der Waals surface area contributed by atoms with Gasteiger partial charge in [0.15, 0.2) is 17.7 Å². The Morgan fingerprint density at radius 3 is 2.13 bits per heavy atom. The fraction of sp³-hybridized carbons (Fsp3) is 0.600. The van der Waals surface area contributed by atoms with E-state index < -0.39 is 60.0 Å². The Kier molecular flexibility index (Phi) is 22.1. The third-order valence-corrected chi connectivity index (χ3v) is 15.5. The van der Waals surface area contributed by atoms with E-state index in [0.29, 0.717) is 35.3 Å². The van der Waals surface area contributed by atoms with Crippen molar-refractivity contribution < 1.29 is 47.9 Å². The predicted octanol–water partition coefficient (Wildman–Crippen LogP) is 7.49. The molecule has 0 radical (unpaired) electrons. The zero-order valence-electron chi connectivity index (χ0n) is 43.9. The topological polar surface area (TPSA) is 215 Å². The lowest BCUT2D eigenvalue weighted by Crippen LogP contribution is -2.58. The monoisotopic (exact) mass is 1000 g/mol. The quantitative estimate of drug-likeness (QED) is 0.0434. The molecule has 390 valence electrons. The number of esters is 1. The number of Topliss-reactive ketones (excluding diaryl/α,β-unsaturated/α-hetero) is 2. The van der Waals surface area contributed by atoms with Gasteiger partial charge in [-0.15, -0.1) is 11.3 Å². The van der Waals surface area contributed by atoms with Crippen molar-refractivity contribution in [2.45, 2.75) is 163 Å². The first-order valence-electron chi connectivity index (χ1n) is 25.4. The van der Waals surface area contributed by atoms with Crippen molar-refractivity contribution in [3.8, 4) is 0 Å². The summed E-state index contributed by atoms with van der Waals surface area (Å²) in [6.07, 6.45) is 3.50. The van der Waals surface area contributed by atoms with E-state index in [2.05, 4.69) is 22.7 Å². The largest absolute Gasteiger partial charge is 0.481 e. The summed E-state index contributed by atoms with van der Waals surface area (Å²) in [5.41, 5.74) is 8.90. The average molecular weight is 1000 g/mol. The van der Waals surface area contributed by atoms with Crippen molar-refractivity contribution >= 4 is 52.6 Å². The van der Waals surface area contributed by atoms with Gasteiger partial charge in [-0.05, 0) is 61.5 Å². The van der Waals surface area contributed by atoms with Crippen molar-refractivity contribution in [2.75, 3.05) is 20.6 Å². The number of aromatic nitrogens is 1. The van der Waals surface area contributed by atoms with Gasteiger partial charge in [-0.1, -0.05) is 109 Å². The number of rotatable bonds is 27. The number of carboxylic acids is 1. The van der Waals surface area contributed by atoms with Gasteiger partial charge >= 0.3 is 11.9 Å². The molecule has 0 spiro atoms. The molecule has 1 aromatic heterocycles. The van der Waals surface area contributed by atoms with E-state index in [4.69, 9.17) is 10.5 Å². The third kappa shape index (κ3) is 16.9. The zero-order chi connectivity index (χ0) is 52.7. The van der Waals surface area contributed by atoms with Crippen LogP contribution in [0.5, 0.6) is 0 Å². The van der Waals surface area contributed by atoms with Gasteiger partial charge in [0.25, 0.3) is 5.91 Å². The number of aliphatic carboxylic acids is 1. The highest BCUT2D eigenvalue weighted by atomic mass is 32.1. The van der Waals surface area contributed by atoms with Gasteiger partial charge in [-0.2, -0.15) is 0 Å². The van der Waals surface area contributed by atoms with Gasteiger partial charge in [-0.3, -0.25) is 33.6 Å². The van der Waals surface area contributed by atoms with Gasteiger partial charge in [0.1, 0.15) is 23.3 Å². The number of nitrogens with one attached hydrogen (secondary N) is 2.